The zero-order chi connectivity index (χ0) is 32.6. The summed E-state index contributed by atoms with van der Waals surface area (Å²) in [5.74, 6) is 1.92. The quantitative estimate of drug-likeness (QED) is 0.181. The predicted octanol–water partition coefficient (Wildman–Crippen LogP) is 12.2. The molecule has 0 N–H and O–H groups in total. The molecule has 2 aromatic heterocycles. The Morgan fingerprint density at radius 3 is 1.33 bits per heavy atom. The van der Waals surface area contributed by atoms with Crippen LogP contribution < -0.4 is 0 Å². The number of benzene rings is 7. The van der Waals surface area contributed by atoms with E-state index in [0.717, 1.165) is 44.5 Å². The summed E-state index contributed by atoms with van der Waals surface area (Å²) in [5.41, 5.74) is 9.67. The molecule has 4 heteroatoms. The van der Waals surface area contributed by atoms with Crippen LogP contribution in [0.2, 0.25) is 0 Å². The van der Waals surface area contributed by atoms with Crippen LogP contribution in [-0.2, 0) is 0 Å². The molecular formula is C45H29N3S. The molecule has 0 spiro atoms. The van der Waals surface area contributed by atoms with Crippen molar-refractivity contribution in [1.82, 2.24) is 15.0 Å². The van der Waals surface area contributed by atoms with Crippen molar-refractivity contribution in [3.8, 4) is 67.5 Å². The van der Waals surface area contributed by atoms with E-state index < -0.39 is 0 Å². The van der Waals surface area contributed by atoms with E-state index in [2.05, 4.69) is 140 Å². The van der Waals surface area contributed by atoms with E-state index >= 15 is 0 Å². The van der Waals surface area contributed by atoms with E-state index in [1.165, 1.54) is 25.7 Å². The lowest BCUT2D eigenvalue weighted by atomic mass is 9.95. The number of aromatic nitrogens is 3. The molecule has 49 heavy (non-hydrogen) atoms. The Labute approximate surface area is 288 Å². The fourth-order valence-electron chi connectivity index (χ4n) is 6.42. The molecule has 0 bridgehead atoms. The van der Waals surface area contributed by atoms with Crippen LogP contribution >= 0.6 is 11.3 Å². The lowest BCUT2D eigenvalue weighted by molar-refractivity contribution is 1.07. The molecule has 2 heterocycles. The van der Waals surface area contributed by atoms with E-state index in [4.69, 9.17) is 15.0 Å². The number of rotatable bonds is 6. The molecule has 7 aromatic carbocycles. The molecule has 0 aliphatic carbocycles. The molecule has 0 saturated carbocycles. The first-order valence-corrected chi connectivity index (χ1v) is 17.2. The molecule has 0 unspecified atom stereocenters. The zero-order valence-corrected chi connectivity index (χ0v) is 27.3. The van der Waals surface area contributed by atoms with Gasteiger partial charge in [0.2, 0.25) is 0 Å². The van der Waals surface area contributed by atoms with Gasteiger partial charge >= 0.3 is 0 Å². The van der Waals surface area contributed by atoms with Gasteiger partial charge in [-0.2, -0.15) is 0 Å². The summed E-state index contributed by atoms with van der Waals surface area (Å²) in [6, 6.07) is 61.7. The van der Waals surface area contributed by atoms with Crippen LogP contribution in [-0.4, -0.2) is 15.0 Å². The van der Waals surface area contributed by atoms with Gasteiger partial charge in [-0.25, -0.2) is 15.0 Å². The number of hydrogen-bond donors (Lipinski definition) is 0. The van der Waals surface area contributed by atoms with Gasteiger partial charge in [-0.3, -0.25) is 0 Å². The molecule has 0 amide bonds. The maximum absolute atomic E-state index is 5.13. The van der Waals surface area contributed by atoms with Gasteiger partial charge in [0.1, 0.15) is 0 Å². The summed E-state index contributed by atoms with van der Waals surface area (Å²) in [5, 5.41) is 2.56. The van der Waals surface area contributed by atoms with Gasteiger partial charge in [-0.05, 0) is 69.8 Å². The van der Waals surface area contributed by atoms with Crippen LogP contribution in [0.1, 0.15) is 0 Å². The maximum Gasteiger partial charge on any atom is 0.164 e. The van der Waals surface area contributed by atoms with Crippen molar-refractivity contribution in [2.75, 3.05) is 0 Å². The average molecular weight is 644 g/mol. The minimum atomic E-state index is 0.636. The maximum atomic E-state index is 5.13. The Bertz CT molecular complexity index is 2580. The van der Waals surface area contributed by atoms with Gasteiger partial charge in [-0.1, -0.05) is 140 Å². The van der Waals surface area contributed by atoms with Crippen molar-refractivity contribution in [3.05, 3.63) is 176 Å². The summed E-state index contributed by atoms with van der Waals surface area (Å²) >= 11 is 1.84. The summed E-state index contributed by atoms with van der Waals surface area (Å²) in [7, 11) is 0. The second-order valence-corrected chi connectivity index (χ2v) is 13.2. The van der Waals surface area contributed by atoms with Gasteiger partial charge in [0.05, 0.1) is 0 Å². The number of hydrogen-bond acceptors (Lipinski definition) is 4. The van der Waals surface area contributed by atoms with E-state index in [1.807, 2.05) is 47.7 Å². The molecule has 0 aliphatic rings. The number of nitrogens with zero attached hydrogens (tertiary/aromatic N) is 3. The first-order chi connectivity index (χ1) is 24.2. The van der Waals surface area contributed by atoms with Gasteiger partial charge in [0, 0.05) is 36.9 Å². The highest BCUT2D eigenvalue weighted by atomic mass is 32.1. The highest BCUT2D eigenvalue weighted by Gasteiger charge is 2.16. The third-order valence-electron chi connectivity index (χ3n) is 8.93. The largest absolute Gasteiger partial charge is 0.208 e. The normalized spacial score (nSPS) is 11.3. The van der Waals surface area contributed by atoms with E-state index in [1.54, 1.807) is 0 Å². The predicted molar refractivity (Wildman–Crippen MR) is 205 cm³/mol. The van der Waals surface area contributed by atoms with Crippen LogP contribution in [0, 0.1) is 0 Å². The minimum absolute atomic E-state index is 0.636. The van der Waals surface area contributed by atoms with Crippen LogP contribution in [0.3, 0.4) is 0 Å². The third kappa shape index (κ3) is 5.69. The number of thiophene rings is 1. The second kappa shape index (κ2) is 12.4. The Kier molecular flexibility index (Phi) is 7.34. The Hall–Kier alpha value is -6.23. The van der Waals surface area contributed by atoms with Crippen LogP contribution in [0.25, 0.3) is 87.7 Å². The minimum Gasteiger partial charge on any atom is -0.208 e. The van der Waals surface area contributed by atoms with Crippen LogP contribution in [0.4, 0.5) is 0 Å². The standard InChI is InChI=1S/C45H29N3S/c1-4-12-30(13-5-1)32-20-22-34(23-21-32)44-46-43(33-16-8-3-9-17-33)47-45(48-44)38-27-36(31-14-6-2-7-15-31)26-37(28-38)35-24-25-42-40(29-35)39-18-10-11-19-41(39)49-42/h1-29H. The topological polar surface area (TPSA) is 38.7 Å². The van der Waals surface area contributed by atoms with E-state index in [-0.39, 0.29) is 0 Å². The highest BCUT2D eigenvalue weighted by Crippen LogP contribution is 2.38. The smallest absolute Gasteiger partial charge is 0.164 e. The molecule has 9 aromatic rings. The first-order valence-electron chi connectivity index (χ1n) is 16.4. The first kappa shape index (κ1) is 29.0. The van der Waals surface area contributed by atoms with E-state index in [9.17, 15) is 0 Å². The molecule has 9 rings (SSSR count). The van der Waals surface area contributed by atoms with Crippen molar-refractivity contribution in [2.24, 2.45) is 0 Å². The van der Waals surface area contributed by atoms with Crippen molar-refractivity contribution in [1.29, 1.82) is 0 Å². The fourth-order valence-corrected chi connectivity index (χ4v) is 7.51. The summed E-state index contributed by atoms with van der Waals surface area (Å²) < 4.78 is 2.59. The van der Waals surface area contributed by atoms with Gasteiger partial charge < -0.3 is 0 Å². The lowest BCUT2D eigenvalue weighted by Gasteiger charge is -2.13. The second-order valence-electron chi connectivity index (χ2n) is 12.1. The zero-order valence-electron chi connectivity index (χ0n) is 26.5. The van der Waals surface area contributed by atoms with Crippen molar-refractivity contribution >= 4 is 31.5 Å². The molecule has 230 valence electrons. The van der Waals surface area contributed by atoms with Crippen LogP contribution in [0.15, 0.2) is 176 Å². The molecule has 0 saturated heterocycles. The fraction of sp³-hybridized carbons (Fsp3) is 0. The molecule has 0 fully saturated rings. The van der Waals surface area contributed by atoms with Crippen molar-refractivity contribution in [2.45, 2.75) is 0 Å². The van der Waals surface area contributed by atoms with Crippen LogP contribution in [0.5, 0.6) is 0 Å². The Morgan fingerprint density at radius 1 is 0.265 bits per heavy atom. The molecule has 0 radical (unpaired) electrons. The van der Waals surface area contributed by atoms with Crippen molar-refractivity contribution < 1.29 is 0 Å². The molecule has 0 aliphatic heterocycles. The van der Waals surface area contributed by atoms with Gasteiger partial charge in [0.25, 0.3) is 0 Å². The summed E-state index contributed by atoms with van der Waals surface area (Å²) in [6.07, 6.45) is 0. The SMILES string of the molecule is c1ccc(-c2ccc(-c3nc(-c4ccccc4)nc(-c4cc(-c5ccccc5)cc(-c5ccc6sc7ccccc7c6c5)c4)n3)cc2)cc1. The number of fused-ring (bicyclic) bond motifs is 3. The molecular weight excluding hydrogens is 615 g/mol. The van der Waals surface area contributed by atoms with Crippen molar-refractivity contribution in [3.63, 3.8) is 0 Å². The Balaban J connectivity index is 1.22. The van der Waals surface area contributed by atoms with Gasteiger partial charge in [0.15, 0.2) is 17.5 Å². The molecule has 0 atom stereocenters. The average Bonchev–Trinajstić information content (AvgIpc) is 3.57. The molecule has 3 nitrogen and oxygen atoms in total. The highest BCUT2D eigenvalue weighted by molar-refractivity contribution is 7.25. The van der Waals surface area contributed by atoms with E-state index in [0.29, 0.717) is 17.5 Å². The summed E-state index contributed by atoms with van der Waals surface area (Å²) in [6.45, 7) is 0. The lowest BCUT2D eigenvalue weighted by Crippen LogP contribution is -2.00. The summed E-state index contributed by atoms with van der Waals surface area (Å²) in [4.78, 5) is 15.2. The van der Waals surface area contributed by atoms with Gasteiger partial charge in [-0.15, -0.1) is 11.3 Å². The Morgan fingerprint density at radius 2 is 0.673 bits per heavy atom. The monoisotopic (exact) mass is 643 g/mol. The third-order valence-corrected chi connectivity index (χ3v) is 10.1.